The Labute approximate surface area is 113 Å². The third-order valence-electron chi connectivity index (χ3n) is 3.59. The number of likely N-dealkylation sites (tertiary alicyclic amines) is 1. The van der Waals surface area contributed by atoms with Crippen LogP contribution in [0.2, 0.25) is 0 Å². The topological polar surface area (TPSA) is 32.3 Å². The Morgan fingerprint density at radius 2 is 2.00 bits per heavy atom. The maximum absolute atomic E-state index is 13.5. The highest BCUT2D eigenvalue weighted by atomic mass is 19.1. The van der Waals surface area contributed by atoms with Crippen molar-refractivity contribution in [2.24, 2.45) is 0 Å². The summed E-state index contributed by atoms with van der Waals surface area (Å²) < 4.78 is 13.5. The van der Waals surface area contributed by atoms with E-state index in [0.29, 0.717) is 12.1 Å². The molecule has 104 valence electrons. The van der Waals surface area contributed by atoms with Crippen LogP contribution in [-0.2, 0) is 11.3 Å². The number of amides is 1. The number of carbonyl (C=O) groups excluding carboxylic acids is 1. The number of rotatable bonds is 4. The summed E-state index contributed by atoms with van der Waals surface area (Å²) in [6.07, 6.45) is 3.39. The minimum atomic E-state index is -0.266. The molecule has 0 aliphatic carbocycles. The molecule has 0 aromatic heterocycles. The first-order valence-corrected chi connectivity index (χ1v) is 6.94. The lowest BCUT2D eigenvalue weighted by Gasteiger charge is -2.29. The molecule has 1 fully saturated rings. The Hall–Kier alpha value is -1.42. The van der Waals surface area contributed by atoms with Crippen LogP contribution in [0, 0.1) is 5.82 Å². The summed E-state index contributed by atoms with van der Waals surface area (Å²) in [7, 11) is 0. The van der Waals surface area contributed by atoms with Gasteiger partial charge in [-0.3, -0.25) is 4.79 Å². The van der Waals surface area contributed by atoms with Gasteiger partial charge >= 0.3 is 0 Å². The van der Waals surface area contributed by atoms with Gasteiger partial charge in [-0.25, -0.2) is 4.39 Å². The molecule has 0 saturated carbocycles. The number of nitrogens with zero attached hydrogens (tertiary/aromatic N) is 1. The first-order valence-electron chi connectivity index (χ1n) is 6.94. The molecule has 1 aliphatic rings. The van der Waals surface area contributed by atoms with Crippen molar-refractivity contribution in [3.63, 3.8) is 0 Å². The fourth-order valence-corrected chi connectivity index (χ4v) is 2.38. The molecule has 0 bridgehead atoms. The van der Waals surface area contributed by atoms with E-state index in [0.717, 1.165) is 25.9 Å². The zero-order chi connectivity index (χ0) is 13.7. The summed E-state index contributed by atoms with van der Waals surface area (Å²) in [6.45, 7) is 3.93. The molecule has 1 unspecified atom stereocenters. The number of halogens is 1. The number of carbonyl (C=O) groups is 1. The van der Waals surface area contributed by atoms with Crippen molar-refractivity contribution in [2.75, 3.05) is 13.1 Å². The number of hydrogen-bond acceptors (Lipinski definition) is 2. The fourth-order valence-electron chi connectivity index (χ4n) is 2.38. The smallest absolute Gasteiger partial charge is 0.239 e. The lowest BCUT2D eigenvalue weighted by atomic mass is 10.1. The van der Waals surface area contributed by atoms with Crippen molar-refractivity contribution < 1.29 is 9.18 Å². The highest BCUT2D eigenvalue weighted by Crippen LogP contribution is 2.11. The fraction of sp³-hybridized carbons (Fsp3) is 0.533. The van der Waals surface area contributed by atoms with E-state index < -0.39 is 0 Å². The first kappa shape index (κ1) is 14.0. The molecule has 0 spiro atoms. The van der Waals surface area contributed by atoms with E-state index >= 15 is 0 Å². The van der Waals surface area contributed by atoms with Crippen LogP contribution in [0.1, 0.15) is 31.7 Å². The zero-order valence-corrected chi connectivity index (χ0v) is 11.4. The molecule has 1 aromatic rings. The van der Waals surface area contributed by atoms with Gasteiger partial charge in [0.25, 0.3) is 0 Å². The molecule has 1 amide bonds. The first-order chi connectivity index (χ1) is 9.18. The SMILES string of the molecule is CC(NCc1ccccc1F)C(=O)N1CCCCC1. The summed E-state index contributed by atoms with van der Waals surface area (Å²) in [6, 6.07) is 6.38. The molecule has 2 rings (SSSR count). The van der Waals surface area contributed by atoms with Gasteiger partial charge in [0.1, 0.15) is 5.82 Å². The molecule has 4 heteroatoms. The summed E-state index contributed by atoms with van der Waals surface area (Å²) in [5, 5.41) is 3.11. The second kappa shape index (κ2) is 6.66. The minimum Gasteiger partial charge on any atom is -0.341 e. The van der Waals surface area contributed by atoms with Crippen LogP contribution in [0.5, 0.6) is 0 Å². The van der Waals surface area contributed by atoms with Gasteiger partial charge in [0, 0.05) is 25.2 Å². The van der Waals surface area contributed by atoms with Crippen molar-refractivity contribution in [3.8, 4) is 0 Å². The van der Waals surface area contributed by atoms with Crippen molar-refractivity contribution in [1.82, 2.24) is 10.2 Å². The average molecular weight is 264 g/mol. The number of piperidine rings is 1. The maximum atomic E-state index is 13.5. The third-order valence-corrected chi connectivity index (χ3v) is 3.59. The van der Waals surface area contributed by atoms with E-state index in [-0.39, 0.29) is 17.8 Å². The summed E-state index contributed by atoms with van der Waals surface area (Å²) >= 11 is 0. The highest BCUT2D eigenvalue weighted by Gasteiger charge is 2.21. The Morgan fingerprint density at radius 3 is 2.68 bits per heavy atom. The van der Waals surface area contributed by atoms with Gasteiger partial charge < -0.3 is 10.2 Å². The zero-order valence-electron chi connectivity index (χ0n) is 11.4. The second-order valence-electron chi connectivity index (χ2n) is 5.08. The van der Waals surface area contributed by atoms with Gasteiger partial charge in [0.05, 0.1) is 6.04 Å². The van der Waals surface area contributed by atoms with Crippen LogP contribution >= 0.6 is 0 Å². The standard InChI is InChI=1S/C15H21FN2O/c1-12(15(19)18-9-5-2-6-10-18)17-11-13-7-3-4-8-14(13)16/h3-4,7-8,12,17H,2,5-6,9-11H2,1H3. The predicted octanol–water partition coefficient (Wildman–Crippen LogP) is 2.32. The molecular formula is C15H21FN2O. The predicted molar refractivity (Wildman–Crippen MR) is 73.1 cm³/mol. The van der Waals surface area contributed by atoms with Crippen molar-refractivity contribution in [2.45, 2.75) is 38.8 Å². The molecule has 1 aliphatic heterocycles. The third kappa shape index (κ3) is 3.77. The van der Waals surface area contributed by atoms with E-state index in [2.05, 4.69) is 5.32 Å². The Kier molecular flexibility index (Phi) is 4.91. The van der Waals surface area contributed by atoms with E-state index in [4.69, 9.17) is 0 Å². The van der Waals surface area contributed by atoms with Crippen molar-refractivity contribution >= 4 is 5.91 Å². The van der Waals surface area contributed by atoms with Gasteiger partial charge in [-0.1, -0.05) is 18.2 Å². The number of nitrogens with one attached hydrogen (secondary N) is 1. The largest absolute Gasteiger partial charge is 0.341 e. The van der Waals surface area contributed by atoms with Gasteiger partial charge in [-0.15, -0.1) is 0 Å². The number of hydrogen-bond donors (Lipinski definition) is 1. The van der Waals surface area contributed by atoms with Gasteiger partial charge in [-0.05, 0) is 32.3 Å². The van der Waals surface area contributed by atoms with Crippen LogP contribution in [0.4, 0.5) is 4.39 Å². The van der Waals surface area contributed by atoms with E-state index in [1.165, 1.54) is 12.5 Å². The normalized spacial score (nSPS) is 17.3. The van der Waals surface area contributed by atoms with Gasteiger partial charge in [0.2, 0.25) is 5.91 Å². The number of benzene rings is 1. The van der Waals surface area contributed by atoms with Crippen LogP contribution in [0.15, 0.2) is 24.3 Å². The molecule has 1 heterocycles. The van der Waals surface area contributed by atoms with Gasteiger partial charge in [-0.2, -0.15) is 0 Å². The maximum Gasteiger partial charge on any atom is 0.239 e. The van der Waals surface area contributed by atoms with E-state index in [1.807, 2.05) is 11.8 Å². The van der Waals surface area contributed by atoms with Crippen LogP contribution in [0.3, 0.4) is 0 Å². The summed E-state index contributed by atoms with van der Waals surface area (Å²) in [4.78, 5) is 14.1. The van der Waals surface area contributed by atoms with Crippen molar-refractivity contribution in [3.05, 3.63) is 35.6 Å². The monoisotopic (exact) mass is 264 g/mol. The van der Waals surface area contributed by atoms with Crippen molar-refractivity contribution in [1.29, 1.82) is 0 Å². The molecule has 1 saturated heterocycles. The van der Waals surface area contributed by atoms with E-state index in [9.17, 15) is 9.18 Å². The quantitative estimate of drug-likeness (QED) is 0.905. The van der Waals surface area contributed by atoms with Crippen LogP contribution < -0.4 is 5.32 Å². The minimum absolute atomic E-state index is 0.121. The summed E-state index contributed by atoms with van der Waals surface area (Å²) in [5.41, 5.74) is 0.598. The summed E-state index contributed by atoms with van der Waals surface area (Å²) in [5.74, 6) is -0.108. The molecule has 3 nitrogen and oxygen atoms in total. The Morgan fingerprint density at radius 1 is 1.32 bits per heavy atom. The molecule has 19 heavy (non-hydrogen) atoms. The van der Waals surface area contributed by atoms with Gasteiger partial charge in [0.15, 0.2) is 0 Å². The molecule has 0 radical (unpaired) electrons. The van der Waals surface area contributed by atoms with Crippen LogP contribution in [-0.4, -0.2) is 29.9 Å². The lowest BCUT2D eigenvalue weighted by molar-refractivity contribution is -0.133. The lowest BCUT2D eigenvalue weighted by Crippen LogP contribution is -2.46. The molecular weight excluding hydrogens is 243 g/mol. The van der Waals surface area contributed by atoms with E-state index in [1.54, 1.807) is 18.2 Å². The van der Waals surface area contributed by atoms with Crippen LogP contribution in [0.25, 0.3) is 0 Å². The Bertz CT molecular complexity index is 430. The second-order valence-corrected chi connectivity index (χ2v) is 5.08. The molecule has 1 aromatic carbocycles. The molecule has 1 N–H and O–H groups in total. The average Bonchev–Trinajstić information content (AvgIpc) is 2.46. The highest BCUT2D eigenvalue weighted by molar-refractivity contribution is 5.81. The molecule has 1 atom stereocenters. The Balaban J connectivity index is 1.85.